The number of hydrogen-bond donors (Lipinski definition) is 2. The fraction of sp³-hybridized carbons (Fsp3) is 0.588. The molecule has 1 aromatic carbocycles. The summed E-state index contributed by atoms with van der Waals surface area (Å²) in [6.07, 6.45) is 0.253. The maximum Gasteiger partial charge on any atom is 0.223 e. The number of carbonyl (C=O) groups is 1. The van der Waals surface area contributed by atoms with Crippen LogP contribution in [0, 0.1) is 11.2 Å². The third kappa shape index (κ3) is 6.09. The molecule has 0 saturated carbocycles. The van der Waals surface area contributed by atoms with Crippen molar-refractivity contribution in [3.63, 3.8) is 0 Å². The van der Waals surface area contributed by atoms with Crippen molar-refractivity contribution < 1.29 is 13.9 Å². The third-order valence-corrected chi connectivity index (χ3v) is 3.79. The lowest BCUT2D eigenvalue weighted by molar-refractivity contribution is -0.126. The normalized spacial score (nSPS) is 19.6. The highest BCUT2D eigenvalue weighted by Gasteiger charge is 2.29. The Bertz CT molecular complexity index is 496. The van der Waals surface area contributed by atoms with Gasteiger partial charge in [-0.2, -0.15) is 0 Å². The molecule has 1 aliphatic rings. The Balaban J connectivity index is 0.00000264. The maximum atomic E-state index is 13.1. The number of rotatable bonds is 4. The van der Waals surface area contributed by atoms with Crippen molar-refractivity contribution >= 4 is 18.3 Å². The van der Waals surface area contributed by atoms with Crippen molar-refractivity contribution in [2.45, 2.75) is 39.3 Å². The molecule has 4 nitrogen and oxygen atoms in total. The molecule has 1 saturated heterocycles. The molecule has 0 aromatic heterocycles. The fourth-order valence-electron chi connectivity index (χ4n) is 2.63. The minimum absolute atomic E-state index is 0. The summed E-state index contributed by atoms with van der Waals surface area (Å²) in [5.41, 5.74) is 0.740. The quantitative estimate of drug-likeness (QED) is 0.883. The first kappa shape index (κ1) is 19.9. The Morgan fingerprint density at radius 2 is 2.04 bits per heavy atom. The lowest BCUT2D eigenvalue weighted by Gasteiger charge is -2.33. The van der Waals surface area contributed by atoms with Crippen molar-refractivity contribution in [1.82, 2.24) is 10.6 Å². The maximum absolute atomic E-state index is 13.1. The highest BCUT2D eigenvalue weighted by molar-refractivity contribution is 5.85. The predicted octanol–water partition coefficient (Wildman–Crippen LogP) is 2.83. The van der Waals surface area contributed by atoms with E-state index < -0.39 is 0 Å². The Morgan fingerprint density at radius 3 is 2.57 bits per heavy atom. The molecule has 2 rings (SSSR count). The van der Waals surface area contributed by atoms with Gasteiger partial charge >= 0.3 is 0 Å². The van der Waals surface area contributed by atoms with Gasteiger partial charge in [-0.25, -0.2) is 4.39 Å². The van der Waals surface area contributed by atoms with E-state index in [1.165, 1.54) is 12.1 Å². The molecule has 0 bridgehead atoms. The van der Waals surface area contributed by atoms with Gasteiger partial charge in [0, 0.05) is 13.1 Å². The second-order valence-corrected chi connectivity index (χ2v) is 6.82. The third-order valence-electron chi connectivity index (χ3n) is 3.79. The molecule has 130 valence electrons. The first-order valence-corrected chi connectivity index (χ1v) is 7.73. The molecule has 0 spiro atoms. The lowest BCUT2D eigenvalue weighted by Crippen LogP contribution is -2.43. The Morgan fingerprint density at radius 1 is 1.39 bits per heavy atom. The van der Waals surface area contributed by atoms with Gasteiger partial charge in [0.05, 0.1) is 25.2 Å². The van der Waals surface area contributed by atoms with Gasteiger partial charge in [0.15, 0.2) is 0 Å². The van der Waals surface area contributed by atoms with Gasteiger partial charge in [0.25, 0.3) is 0 Å². The van der Waals surface area contributed by atoms with Crippen molar-refractivity contribution in [3.8, 4) is 0 Å². The van der Waals surface area contributed by atoms with Crippen LogP contribution in [0.2, 0.25) is 0 Å². The predicted molar refractivity (Wildman–Crippen MR) is 91.2 cm³/mol. The molecule has 1 aliphatic heterocycles. The van der Waals surface area contributed by atoms with Gasteiger partial charge < -0.3 is 15.4 Å². The number of nitrogens with one attached hydrogen (secondary N) is 2. The molecular weight excluding hydrogens is 319 g/mol. The molecule has 2 N–H and O–H groups in total. The zero-order valence-electron chi connectivity index (χ0n) is 13.9. The molecule has 1 amide bonds. The molecule has 2 atom stereocenters. The van der Waals surface area contributed by atoms with Crippen molar-refractivity contribution in [1.29, 1.82) is 0 Å². The number of benzene rings is 1. The molecule has 1 fully saturated rings. The molecule has 0 aliphatic carbocycles. The van der Waals surface area contributed by atoms with Crippen LogP contribution in [0.1, 0.15) is 38.8 Å². The zero-order valence-corrected chi connectivity index (χ0v) is 14.7. The van der Waals surface area contributed by atoms with Crippen LogP contribution >= 0.6 is 12.4 Å². The van der Waals surface area contributed by atoms with E-state index in [4.69, 9.17) is 4.74 Å². The number of halogens is 2. The average Bonchev–Trinajstić information content (AvgIpc) is 2.46. The van der Waals surface area contributed by atoms with E-state index in [1.54, 1.807) is 12.1 Å². The Kier molecular flexibility index (Phi) is 7.45. The van der Waals surface area contributed by atoms with Gasteiger partial charge in [-0.1, -0.05) is 32.9 Å². The molecule has 23 heavy (non-hydrogen) atoms. The summed E-state index contributed by atoms with van der Waals surface area (Å²) in [6.45, 7) is 8.33. The summed E-state index contributed by atoms with van der Waals surface area (Å²) in [6, 6.07) is 6.13. The van der Waals surface area contributed by atoms with Crippen molar-refractivity contribution in [2.24, 2.45) is 5.41 Å². The summed E-state index contributed by atoms with van der Waals surface area (Å²) in [5.74, 6) is -0.317. The SMILES string of the molecule is CC(C)(C)C(NC(=O)CC1CNCCO1)c1ccc(F)cc1.Cl. The summed E-state index contributed by atoms with van der Waals surface area (Å²) in [7, 11) is 0. The van der Waals surface area contributed by atoms with Gasteiger partial charge in [-0.3, -0.25) is 4.79 Å². The second-order valence-electron chi connectivity index (χ2n) is 6.82. The lowest BCUT2D eigenvalue weighted by atomic mass is 9.82. The van der Waals surface area contributed by atoms with Crippen molar-refractivity contribution in [3.05, 3.63) is 35.6 Å². The summed E-state index contributed by atoms with van der Waals surface area (Å²) in [4.78, 5) is 12.3. The van der Waals surface area contributed by atoms with E-state index in [1.807, 2.05) is 0 Å². The number of amides is 1. The molecule has 1 heterocycles. The van der Waals surface area contributed by atoms with E-state index in [2.05, 4.69) is 31.4 Å². The van der Waals surface area contributed by atoms with E-state index in [0.717, 1.165) is 12.1 Å². The second kappa shape index (κ2) is 8.62. The smallest absolute Gasteiger partial charge is 0.223 e. The van der Waals surface area contributed by atoms with E-state index in [0.29, 0.717) is 19.6 Å². The van der Waals surface area contributed by atoms with Gasteiger partial charge in [-0.05, 0) is 23.1 Å². The van der Waals surface area contributed by atoms with Crippen LogP contribution in [0.15, 0.2) is 24.3 Å². The van der Waals surface area contributed by atoms with E-state index in [-0.39, 0.29) is 41.7 Å². The van der Waals surface area contributed by atoms with Crippen molar-refractivity contribution in [2.75, 3.05) is 19.7 Å². The van der Waals surface area contributed by atoms with Crippen LogP contribution in [0.3, 0.4) is 0 Å². The minimum atomic E-state index is -0.274. The first-order chi connectivity index (χ1) is 10.4. The van der Waals surface area contributed by atoms with Crippen LogP contribution in [-0.4, -0.2) is 31.7 Å². The first-order valence-electron chi connectivity index (χ1n) is 7.73. The molecule has 2 unspecified atom stereocenters. The monoisotopic (exact) mass is 344 g/mol. The number of hydrogen-bond acceptors (Lipinski definition) is 3. The summed E-state index contributed by atoms with van der Waals surface area (Å²) < 4.78 is 18.7. The van der Waals surface area contributed by atoms with Crippen LogP contribution < -0.4 is 10.6 Å². The standard InChI is InChI=1S/C17H25FN2O2.ClH/c1-17(2,3)16(12-4-6-13(18)7-5-12)20-15(21)10-14-11-19-8-9-22-14;/h4-7,14,16,19H,8-11H2,1-3H3,(H,20,21);1H. The zero-order chi connectivity index (χ0) is 16.2. The Hall–Kier alpha value is -1.17. The highest BCUT2D eigenvalue weighted by atomic mass is 35.5. The summed E-state index contributed by atoms with van der Waals surface area (Å²) >= 11 is 0. The van der Waals surface area contributed by atoms with E-state index >= 15 is 0 Å². The van der Waals surface area contributed by atoms with Crippen LogP contribution in [0.5, 0.6) is 0 Å². The molecule has 1 aromatic rings. The average molecular weight is 345 g/mol. The fourth-order valence-corrected chi connectivity index (χ4v) is 2.63. The highest BCUT2D eigenvalue weighted by Crippen LogP contribution is 2.32. The Labute approximate surface area is 143 Å². The van der Waals surface area contributed by atoms with Gasteiger partial charge in [0.1, 0.15) is 5.82 Å². The van der Waals surface area contributed by atoms with E-state index in [9.17, 15) is 9.18 Å². The van der Waals surface area contributed by atoms with Crippen LogP contribution in [-0.2, 0) is 9.53 Å². The molecular formula is C17H26ClFN2O2. The topological polar surface area (TPSA) is 50.4 Å². The molecule has 6 heteroatoms. The van der Waals surface area contributed by atoms with Crippen LogP contribution in [0.4, 0.5) is 4.39 Å². The van der Waals surface area contributed by atoms with Gasteiger partial charge in [-0.15, -0.1) is 12.4 Å². The molecule has 0 radical (unpaired) electrons. The minimum Gasteiger partial charge on any atom is -0.375 e. The number of carbonyl (C=O) groups excluding carboxylic acids is 1. The van der Waals surface area contributed by atoms with Gasteiger partial charge in [0.2, 0.25) is 5.91 Å². The number of morpholine rings is 1. The summed E-state index contributed by atoms with van der Waals surface area (Å²) in [5, 5.41) is 6.29. The largest absolute Gasteiger partial charge is 0.375 e. The number of ether oxygens (including phenoxy) is 1. The van der Waals surface area contributed by atoms with Crippen LogP contribution in [0.25, 0.3) is 0 Å².